The molecule has 2 heterocycles. The van der Waals surface area contributed by atoms with Crippen LogP contribution in [0, 0.1) is 0 Å². The van der Waals surface area contributed by atoms with Gasteiger partial charge in [-0.1, -0.05) is 0 Å². The van der Waals surface area contributed by atoms with Crippen molar-refractivity contribution in [3.63, 3.8) is 0 Å². The van der Waals surface area contributed by atoms with Crippen molar-refractivity contribution in [3.8, 4) is 34.5 Å². The molecular weight excluding hydrogens is 340 g/mol. The Balaban J connectivity index is 1.87. The summed E-state index contributed by atoms with van der Waals surface area (Å²) in [5.74, 6) is 0.707. The topological polar surface area (TPSA) is 86.6 Å². The van der Waals surface area contributed by atoms with Gasteiger partial charge in [-0.2, -0.15) is 0 Å². The summed E-state index contributed by atoms with van der Waals surface area (Å²) < 4.78 is 27.2. The number of fused-ring (bicyclic) bond motifs is 2. The highest BCUT2D eigenvalue weighted by Crippen LogP contribution is 2.50. The van der Waals surface area contributed by atoms with E-state index in [9.17, 15) is 10.2 Å². The van der Waals surface area contributed by atoms with Gasteiger partial charge in [0.1, 0.15) is 5.75 Å². The Morgan fingerprint density at radius 3 is 2.23 bits per heavy atom. The predicted octanol–water partition coefficient (Wildman–Crippen LogP) is 2.76. The van der Waals surface area contributed by atoms with Crippen LogP contribution < -0.4 is 23.7 Å². The summed E-state index contributed by atoms with van der Waals surface area (Å²) in [5, 5.41) is 20.8. The first-order valence-electron chi connectivity index (χ1n) is 8.21. The minimum absolute atomic E-state index is 0.0662. The van der Waals surface area contributed by atoms with Gasteiger partial charge in [0.05, 0.1) is 14.2 Å². The van der Waals surface area contributed by atoms with E-state index in [0.29, 0.717) is 35.2 Å². The van der Waals surface area contributed by atoms with Crippen molar-refractivity contribution in [2.45, 2.75) is 25.0 Å². The van der Waals surface area contributed by atoms with Crippen molar-refractivity contribution < 1.29 is 33.9 Å². The van der Waals surface area contributed by atoms with E-state index in [-0.39, 0.29) is 18.5 Å². The molecule has 4 rings (SSSR count). The molecule has 0 spiro atoms. The van der Waals surface area contributed by atoms with Crippen molar-refractivity contribution in [1.29, 1.82) is 0 Å². The van der Waals surface area contributed by atoms with Crippen molar-refractivity contribution in [1.82, 2.24) is 0 Å². The second kappa shape index (κ2) is 5.88. The lowest BCUT2D eigenvalue weighted by molar-refractivity contribution is -0.137. The minimum atomic E-state index is -1.36. The van der Waals surface area contributed by atoms with Crippen LogP contribution in [0.25, 0.3) is 0 Å². The molecule has 2 atom stereocenters. The summed E-state index contributed by atoms with van der Waals surface area (Å²) in [5.41, 5.74) is 1.68. The fourth-order valence-electron chi connectivity index (χ4n) is 3.48. The lowest BCUT2D eigenvalue weighted by Gasteiger charge is -2.36. The van der Waals surface area contributed by atoms with Crippen LogP contribution in [-0.4, -0.2) is 37.0 Å². The van der Waals surface area contributed by atoms with Crippen LogP contribution >= 0.6 is 0 Å². The number of hydrogen-bond acceptors (Lipinski definition) is 7. The quantitative estimate of drug-likeness (QED) is 0.870. The second-order valence-electron chi connectivity index (χ2n) is 6.55. The summed E-state index contributed by atoms with van der Waals surface area (Å²) in [6, 6.07) is 7.06. The SMILES string of the molecule is COc1cc([C@H]2C[C@](C)(O)Oc3cc4c(cc32)OCO4)cc(OC)c1O. The number of aromatic hydroxyl groups is 1. The van der Waals surface area contributed by atoms with E-state index in [1.54, 1.807) is 25.1 Å². The fraction of sp³-hybridized carbons (Fsp3) is 0.368. The van der Waals surface area contributed by atoms with E-state index >= 15 is 0 Å². The molecule has 0 radical (unpaired) electrons. The Kier molecular flexibility index (Phi) is 3.77. The molecule has 0 aromatic heterocycles. The molecule has 0 amide bonds. The third-order valence-electron chi connectivity index (χ3n) is 4.70. The van der Waals surface area contributed by atoms with Gasteiger partial charge in [-0.05, 0) is 23.8 Å². The number of methoxy groups -OCH3 is 2. The van der Waals surface area contributed by atoms with Gasteiger partial charge in [0.15, 0.2) is 23.0 Å². The summed E-state index contributed by atoms with van der Waals surface area (Å²) in [7, 11) is 2.95. The molecule has 138 valence electrons. The molecule has 0 bridgehead atoms. The third kappa shape index (κ3) is 2.64. The molecule has 0 saturated carbocycles. The molecule has 2 aromatic carbocycles. The molecule has 0 saturated heterocycles. The Labute approximate surface area is 150 Å². The van der Waals surface area contributed by atoms with Gasteiger partial charge in [-0.15, -0.1) is 0 Å². The zero-order chi connectivity index (χ0) is 18.5. The lowest BCUT2D eigenvalue weighted by Crippen LogP contribution is -2.38. The number of aliphatic hydroxyl groups is 1. The zero-order valence-electron chi connectivity index (χ0n) is 14.7. The first-order valence-corrected chi connectivity index (χ1v) is 8.21. The monoisotopic (exact) mass is 360 g/mol. The summed E-state index contributed by atoms with van der Waals surface area (Å²) >= 11 is 0. The Bertz CT molecular complexity index is 834. The summed E-state index contributed by atoms with van der Waals surface area (Å²) in [4.78, 5) is 0. The first kappa shape index (κ1) is 16.7. The van der Waals surface area contributed by atoms with E-state index in [1.807, 2.05) is 6.07 Å². The number of phenols is 1. The summed E-state index contributed by atoms with van der Waals surface area (Å²) in [6.45, 7) is 1.77. The van der Waals surface area contributed by atoms with Crippen LogP contribution in [0.2, 0.25) is 0 Å². The van der Waals surface area contributed by atoms with E-state index < -0.39 is 5.79 Å². The third-order valence-corrected chi connectivity index (χ3v) is 4.70. The first-order chi connectivity index (χ1) is 12.4. The van der Waals surface area contributed by atoms with Gasteiger partial charge >= 0.3 is 0 Å². The van der Waals surface area contributed by atoms with Crippen LogP contribution in [0.15, 0.2) is 24.3 Å². The molecule has 26 heavy (non-hydrogen) atoms. The molecule has 7 heteroatoms. The van der Waals surface area contributed by atoms with Gasteiger partial charge in [-0.3, -0.25) is 0 Å². The van der Waals surface area contributed by atoms with Crippen LogP contribution in [0.4, 0.5) is 0 Å². The summed E-state index contributed by atoms with van der Waals surface area (Å²) in [6.07, 6.45) is 0.316. The molecule has 2 aliphatic heterocycles. The van der Waals surface area contributed by atoms with E-state index in [4.69, 9.17) is 23.7 Å². The molecule has 0 unspecified atom stereocenters. The van der Waals surface area contributed by atoms with Crippen molar-refractivity contribution >= 4 is 0 Å². The highest BCUT2D eigenvalue weighted by molar-refractivity contribution is 5.59. The lowest BCUT2D eigenvalue weighted by atomic mass is 9.83. The largest absolute Gasteiger partial charge is 0.502 e. The van der Waals surface area contributed by atoms with E-state index in [0.717, 1.165) is 11.1 Å². The molecular formula is C19H20O7. The Morgan fingerprint density at radius 1 is 1.00 bits per heavy atom. The smallest absolute Gasteiger partial charge is 0.231 e. The van der Waals surface area contributed by atoms with Crippen molar-refractivity contribution in [2.75, 3.05) is 21.0 Å². The predicted molar refractivity (Wildman–Crippen MR) is 91.5 cm³/mol. The van der Waals surface area contributed by atoms with Crippen LogP contribution in [-0.2, 0) is 0 Å². The second-order valence-corrected chi connectivity index (χ2v) is 6.55. The molecule has 2 N–H and O–H groups in total. The average molecular weight is 360 g/mol. The van der Waals surface area contributed by atoms with E-state index in [1.165, 1.54) is 14.2 Å². The molecule has 2 aromatic rings. The van der Waals surface area contributed by atoms with Crippen molar-refractivity contribution in [2.24, 2.45) is 0 Å². The average Bonchev–Trinajstić information content (AvgIpc) is 3.06. The van der Waals surface area contributed by atoms with Crippen LogP contribution in [0.5, 0.6) is 34.5 Å². The molecule has 2 aliphatic rings. The number of hydrogen-bond donors (Lipinski definition) is 2. The van der Waals surface area contributed by atoms with Gasteiger partial charge < -0.3 is 33.9 Å². The number of ether oxygens (including phenoxy) is 5. The molecule has 0 aliphatic carbocycles. The van der Waals surface area contributed by atoms with Gasteiger partial charge in [0.2, 0.25) is 18.3 Å². The van der Waals surface area contributed by atoms with Crippen LogP contribution in [0.3, 0.4) is 0 Å². The van der Waals surface area contributed by atoms with E-state index in [2.05, 4.69) is 0 Å². The Morgan fingerprint density at radius 2 is 1.62 bits per heavy atom. The normalized spacial score (nSPS) is 23.2. The van der Waals surface area contributed by atoms with Gasteiger partial charge in [-0.25, -0.2) is 0 Å². The van der Waals surface area contributed by atoms with Gasteiger partial charge in [0, 0.05) is 30.9 Å². The number of phenolic OH excluding ortho intramolecular Hbond substituents is 1. The number of rotatable bonds is 3. The maximum Gasteiger partial charge on any atom is 0.231 e. The van der Waals surface area contributed by atoms with Crippen LogP contribution in [0.1, 0.15) is 30.4 Å². The maximum absolute atomic E-state index is 10.6. The van der Waals surface area contributed by atoms with Crippen molar-refractivity contribution in [3.05, 3.63) is 35.4 Å². The standard InChI is InChI=1S/C19H20O7/c1-19(21)8-12(10-4-16(22-2)18(20)17(5-10)23-3)11-6-14-15(25-9-24-14)7-13(11)26-19/h4-7,12,20-21H,8-9H2,1-3H3/t12-,19-/m1/s1. The van der Waals surface area contributed by atoms with Gasteiger partial charge in [0.25, 0.3) is 0 Å². The Hall–Kier alpha value is -2.80. The fourth-order valence-corrected chi connectivity index (χ4v) is 3.48. The highest BCUT2D eigenvalue weighted by Gasteiger charge is 2.38. The zero-order valence-corrected chi connectivity index (χ0v) is 14.7. The maximum atomic E-state index is 10.6. The number of benzene rings is 2. The molecule has 7 nitrogen and oxygen atoms in total. The minimum Gasteiger partial charge on any atom is -0.502 e. The molecule has 0 fully saturated rings. The highest BCUT2D eigenvalue weighted by atomic mass is 16.7.